The fourth-order valence-corrected chi connectivity index (χ4v) is 3.70. The second-order valence-corrected chi connectivity index (χ2v) is 14.9. The van der Waals surface area contributed by atoms with E-state index in [0.29, 0.717) is 19.8 Å². The van der Waals surface area contributed by atoms with Gasteiger partial charge in [0.25, 0.3) is 7.82 Å². The first-order valence-electron chi connectivity index (χ1n) is 11.4. The summed E-state index contributed by atoms with van der Waals surface area (Å²) >= 11 is 0. The Balaban J connectivity index is -0.00000480. The fraction of sp³-hybridized carbons (Fsp3) is 1.00. The Morgan fingerprint density at radius 2 is 0.853 bits per heavy atom. The molecule has 0 spiro atoms. The van der Waals surface area contributed by atoms with Crippen molar-refractivity contribution in [2.24, 2.45) is 21.7 Å². The lowest BCUT2D eigenvalue weighted by Crippen LogP contribution is -2.43. The van der Waals surface area contributed by atoms with E-state index in [2.05, 4.69) is 62.3 Å². The number of phosphoric acid groups is 1. The van der Waals surface area contributed by atoms with E-state index in [-0.39, 0.29) is 57.5 Å². The third-order valence-electron chi connectivity index (χ3n) is 3.74. The summed E-state index contributed by atoms with van der Waals surface area (Å²) in [5, 5.41) is 0. The average molecular weight is 514 g/mol. The largest absolute Gasteiger partial charge is 0.756 e. The normalized spacial score (nSPS) is 15.3. The van der Waals surface area contributed by atoms with Gasteiger partial charge in [-0.2, -0.15) is 0 Å². The summed E-state index contributed by atoms with van der Waals surface area (Å²) < 4.78 is 41.0. The summed E-state index contributed by atoms with van der Waals surface area (Å²) in [6.45, 7) is 25.9. The minimum absolute atomic E-state index is 0. The molecule has 0 aromatic rings. The molecule has 1 unspecified atom stereocenters. The van der Waals surface area contributed by atoms with E-state index < -0.39 is 18.8 Å². The molecular formula is C26H58O7P-. The number of ether oxygens (including phenoxy) is 3. The van der Waals surface area contributed by atoms with Crippen LogP contribution in [0.3, 0.4) is 0 Å². The van der Waals surface area contributed by atoms with Gasteiger partial charge in [-0.05, 0) is 37.0 Å². The molecule has 0 aliphatic heterocycles. The molecule has 0 aromatic carbocycles. The first-order chi connectivity index (χ1) is 14.0. The van der Waals surface area contributed by atoms with E-state index in [4.69, 9.17) is 23.3 Å². The molecule has 0 aliphatic carbocycles. The maximum absolute atomic E-state index is 12.5. The van der Waals surface area contributed by atoms with Gasteiger partial charge in [-0.3, -0.25) is 4.57 Å². The van der Waals surface area contributed by atoms with E-state index >= 15 is 0 Å². The van der Waals surface area contributed by atoms with Gasteiger partial charge in [0.1, 0.15) is 0 Å². The zero-order valence-electron chi connectivity index (χ0n) is 22.8. The number of hydrogen-bond acceptors (Lipinski definition) is 7. The summed E-state index contributed by atoms with van der Waals surface area (Å²) in [4.78, 5) is 12.5. The van der Waals surface area contributed by atoms with Gasteiger partial charge in [0.15, 0.2) is 0 Å². The molecule has 0 heterocycles. The summed E-state index contributed by atoms with van der Waals surface area (Å²) in [5.74, 6) is 0. The summed E-state index contributed by atoms with van der Waals surface area (Å²) in [5.41, 5.74) is -1.78. The van der Waals surface area contributed by atoms with Gasteiger partial charge >= 0.3 is 0 Å². The maximum Gasteiger partial charge on any atom is 0.268 e. The van der Waals surface area contributed by atoms with Gasteiger partial charge < -0.3 is 28.2 Å². The van der Waals surface area contributed by atoms with Crippen molar-refractivity contribution < 1.29 is 32.7 Å². The van der Waals surface area contributed by atoms with Crippen molar-refractivity contribution in [1.82, 2.24) is 0 Å². The smallest absolute Gasteiger partial charge is 0.268 e. The Morgan fingerprint density at radius 3 is 1.09 bits per heavy atom. The second-order valence-electron chi connectivity index (χ2n) is 13.6. The lowest BCUT2D eigenvalue weighted by atomic mass is 9.91. The second kappa shape index (κ2) is 14.7. The van der Waals surface area contributed by atoms with Gasteiger partial charge in [0.05, 0.1) is 57.3 Å². The maximum atomic E-state index is 12.5. The van der Waals surface area contributed by atoms with Crippen molar-refractivity contribution in [2.75, 3.05) is 46.2 Å². The van der Waals surface area contributed by atoms with Crippen LogP contribution < -0.4 is 4.89 Å². The molecule has 0 bridgehead atoms. The summed E-state index contributed by atoms with van der Waals surface area (Å²) in [6.07, 6.45) is 0. The molecule has 0 amide bonds. The van der Waals surface area contributed by atoms with Crippen LogP contribution in [-0.2, 0) is 27.8 Å². The molecule has 0 aromatic heterocycles. The van der Waals surface area contributed by atoms with Gasteiger partial charge in [0, 0.05) is 0 Å². The van der Waals surface area contributed by atoms with E-state index in [9.17, 15) is 9.46 Å². The lowest BCUT2D eigenvalue weighted by molar-refractivity contribution is -0.238. The molecule has 7 nitrogen and oxygen atoms in total. The van der Waals surface area contributed by atoms with Crippen LogP contribution in [0, 0.1) is 21.7 Å². The molecule has 210 valence electrons. The molecule has 0 saturated heterocycles. The Bertz CT molecular complexity index is 528. The minimum Gasteiger partial charge on any atom is -0.756 e. The van der Waals surface area contributed by atoms with Crippen LogP contribution in [0.5, 0.6) is 0 Å². The fourth-order valence-electron chi connectivity index (χ4n) is 2.55. The average Bonchev–Trinajstić information content (AvgIpc) is 2.46. The Labute approximate surface area is 212 Å². The molecular weight excluding hydrogens is 455 g/mol. The highest BCUT2D eigenvalue weighted by Gasteiger charge is 2.36. The van der Waals surface area contributed by atoms with E-state index in [1.54, 1.807) is 20.8 Å². The molecule has 0 fully saturated rings. The zero-order chi connectivity index (χ0) is 25.5. The third-order valence-corrected chi connectivity index (χ3v) is 4.96. The quantitative estimate of drug-likeness (QED) is 0.252. The zero-order valence-corrected chi connectivity index (χ0v) is 23.6. The molecule has 34 heavy (non-hydrogen) atoms. The first-order valence-corrected chi connectivity index (χ1v) is 12.9. The molecule has 0 saturated carbocycles. The van der Waals surface area contributed by atoms with Crippen molar-refractivity contribution in [3.63, 3.8) is 0 Å². The lowest BCUT2D eigenvalue weighted by Gasteiger charge is -2.38. The van der Waals surface area contributed by atoms with E-state index in [1.165, 1.54) is 0 Å². The summed E-state index contributed by atoms with van der Waals surface area (Å²) in [6, 6.07) is 0. The van der Waals surface area contributed by atoms with Gasteiger partial charge in [-0.15, -0.1) is 0 Å². The van der Waals surface area contributed by atoms with Crippen LogP contribution in [0.25, 0.3) is 0 Å². The highest BCUT2D eigenvalue weighted by molar-refractivity contribution is 7.45. The molecule has 0 rings (SSSR count). The molecule has 8 heteroatoms. The molecule has 1 atom stereocenters. The van der Waals surface area contributed by atoms with Crippen molar-refractivity contribution in [3.8, 4) is 0 Å². The van der Waals surface area contributed by atoms with Crippen LogP contribution in [0.1, 0.15) is 97.9 Å². The standard InChI is InChI=1S/C24H51O7P.2CH4/c1-20(2,3)13-27-16-24(17-28-14-21(4,5)6,18-29-15-22(7,8)9)19-30-32(25,26)31-23(10,11)12;;/h13-19H2,1-12H3,(H,25,26);2*1H4/p-1. The van der Waals surface area contributed by atoms with Crippen molar-refractivity contribution >= 4 is 7.82 Å². The monoisotopic (exact) mass is 513 g/mol. The van der Waals surface area contributed by atoms with E-state index in [1.807, 2.05) is 0 Å². The van der Waals surface area contributed by atoms with Crippen LogP contribution in [0.4, 0.5) is 0 Å². The number of hydrogen-bond donors (Lipinski definition) is 0. The Hall–Kier alpha value is -0.0100. The SMILES string of the molecule is C.C.CC(C)(C)COCC(COCC(C)(C)C)(COCC(C)(C)C)COP(=O)([O-])OC(C)(C)C. The van der Waals surface area contributed by atoms with Crippen molar-refractivity contribution in [1.29, 1.82) is 0 Å². The number of rotatable bonds is 13. The van der Waals surface area contributed by atoms with E-state index in [0.717, 1.165) is 0 Å². The highest BCUT2D eigenvalue weighted by Crippen LogP contribution is 2.44. The molecule has 0 aliphatic rings. The third kappa shape index (κ3) is 22.5. The van der Waals surface area contributed by atoms with Gasteiger partial charge in [-0.25, -0.2) is 0 Å². The Kier molecular flexibility index (Phi) is 16.6. The predicted octanol–water partition coefficient (Wildman–Crippen LogP) is 6.73. The van der Waals surface area contributed by atoms with Crippen LogP contribution in [0.2, 0.25) is 0 Å². The predicted molar refractivity (Wildman–Crippen MR) is 141 cm³/mol. The van der Waals surface area contributed by atoms with Crippen molar-refractivity contribution in [3.05, 3.63) is 0 Å². The topological polar surface area (TPSA) is 86.3 Å². The summed E-state index contributed by atoms with van der Waals surface area (Å²) in [7, 11) is -4.52. The minimum atomic E-state index is -4.52. The highest BCUT2D eigenvalue weighted by atomic mass is 31.2. The molecule has 0 N–H and O–H groups in total. The molecule has 0 radical (unpaired) electrons. The Morgan fingerprint density at radius 1 is 0.559 bits per heavy atom. The van der Waals surface area contributed by atoms with Crippen LogP contribution in [-0.4, -0.2) is 51.8 Å². The first kappa shape index (κ1) is 38.5. The van der Waals surface area contributed by atoms with Crippen molar-refractivity contribution in [2.45, 2.75) is 104 Å². The number of phosphoric ester groups is 1. The van der Waals surface area contributed by atoms with Gasteiger partial charge in [-0.1, -0.05) is 77.2 Å². The van der Waals surface area contributed by atoms with Crippen LogP contribution >= 0.6 is 7.82 Å². The van der Waals surface area contributed by atoms with Gasteiger partial charge in [0.2, 0.25) is 0 Å². The van der Waals surface area contributed by atoms with Crippen LogP contribution in [0.15, 0.2) is 0 Å².